The van der Waals surface area contributed by atoms with Gasteiger partial charge in [0, 0.05) is 21.1 Å². The molecule has 0 aliphatic rings. The van der Waals surface area contributed by atoms with Gasteiger partial charge < -0.3 is 0 Å². The van der Waals surface area contributed by atoms with Gasteiger partial charge in [0.2, 0.25) is 0 Å². The van der Waals surface area contributed by atoms with E-state index >= 15 is 0 Å². The predicted octanol–water partition coefficient (Wildman–Crippen LogP) is 10.3. The fourth-order valence-electron chi connectivity index (χ4n) is 7.72. The van der Waals surface area contributed by atoms with E-state index in [0.717, 1.165) is 50.5 Å². The minimum atomic E-state index is -3.72. The van der Waals surface area contributed by atoms with Gasteiger partial charge in [0.15, 0.2) is 0 Å². The molecule has 0 atom stereocenters. The van der Waals surface area contributed by atoms with Crippen molar-refractivity contribution in [3.05, 3.63) is 175 Å². The molecule has 5 aromatic carbocycles. The number of hydrogen-bond donors (Lipinski definition) is 1. The molecule has 7 aromatic rings. The third-order valence-electron chi connectivity index (χ3n) is 10.9. The molecule has 0 amide bonds. The van der Waals surface area contributed by atoms with Crippen molar-refractivity contribution in [3.8, 4) is 39.5 Å². The van der Waals surface area contributed by atoms with Gasteiger partial charge in [-0.15, -0.1) is 0 Å². The Morgan fingerprint density at radius 3 is 1.39 bits per heavy atom. The molecule has 0 unspecified atom stereocenters. The molecule has 0 aliphatic heterocycles. The molecule has 2 aromatic heterocycles. The monoisotopic (exact) mass is 990 g/mol. The fraction of sp³-hybridized carbons (Fsp3) is 0.231. The Kier molecular flexibility index (Phi) is 12.1. The van der Waals surface area contributed by atoms with Crippen LogP contribution in [0.4, 0.5) is 0 Å². The second kappa shape index (κ2) is 16.4. The SMILES string of the molecule is CC(C)(C)c1cc(-c2[c-]c(-c3ccccn3)c[c]([Ge]([c]3ccccc3)([c]3ccccc3)[c]3ccccc3)c2)nc(-c2cc(C(C)(C)C)cc(C(C)(C)C)c2O)c1.[Pt]. The number of aromatic hydroxyl groups is 1. The van der Waals surface area contributed by atoms with Crippen molar-refractivity contribution in [2.24, 2.45) is 0 Å². The van der Waals surface area contributed by atoms with Crippen LogP contribution in [0.1, 0.15) is 79.0 Å². The summed E-state index contributed by atoms with van der Waals surface area (Å²) in [6.07, 6.45) is 1.85. The number of rotatable bonds is 7. The summed E-state index contributed by atoms with van der Waals surface area (Å²) in [5.74, 6) is 0.285. The van der Waals surface area contributed by atoms with Crippen LogP contribution < -0.4 is 17.6 Å². The third-order valence-corrected chi connectivity index (χ3v) is 20.9. The number of hydrogen-bond acceptors (Lipinski definition) is 3. The summed E-state index contributed by atoms with van der Waals surface area (Å²) in [7, 11) is 0. The first-order valence-corrected chi connectivity index (χ1v) is 23.8. The smallest absolute Gasteiger partial charge is 0 e. The molecular weight excluding hydrogens is 936 g/mol. The van der Waals surface area contributed by atoms with E-state index in [1.807, 2.05) is 18.3 Å². The minimum absolute atomic E-state index is 0. The number of pyridine rings is 2. The summed E-state index contributed by atoms with van der Waals surface area (Å²) < 4.78 is 5.28. The van der Waals surface area contributed by atoms with Crippen molar-refractivity contribution < 1.29 is 26.2 Å². The molecule has 0 bridgehead atoms. The number of aromatic nitrogens is 2. The second-order valence-corrected chi connectivity index (χ2v) is 26.0. The van der Waals surface area contributed by atoms with E-state index in [0.29, 0.717) is 0 Å². The third kappa shape index (κ3) is 8.52. The zero-order valence-corrected chi connectivity index (χ0v) is 39.0. The normalized spacial score (nSPS) is 12.2. The van der Waals surface area contributed by atoms with Crippen LogP contribution in [-0.4, -0.2) is 28.3 Å². The Labute approximate surface area is 357 Å². The molecular formula is C52H53GeN2OPt-. The molecule has 7 rings (SSSR count). The molecule has 0 fully saturated rings. The summed E-state index contributed by atoms with van der Waals surface area (Å²) in [6.45, 7) is 19.9. The maximum atomic E-state index is 12.1. The van der Waals surface area contributed by atoms with Crippen LogP contribution in [0, 0.1) is 6.07 Å². The van der Waals surface area contributed by atoms with Gasteiger partial charge in [-0.25, -0.2) is 0 Å². The summed E-state index contributed by atoms with van der Waals surface area (Å²) in [4.78, 5) is 10.3. The van der Waals surface area contributed by atoms with E-state index in [-0.39, 0.29) is 43.1 Å². The van der Waals surface area contributed by atoms with Gasteiger partial charge in [0.05, 0.1) is 0 Å². The van der Waals surface area contributed by atoms with E-state index in [4.69, 9.17) is 9.97 Å². The molecule has 2 heterocycles. The number of phenols is 1. The zero-order chi connectivity index (χ0) is 39.9. The van der Waals surface area contributed by atoms with Crippen LogP contribution in [0.3, 0.4) is 0 Å². The van der Waals surface area contributed by atoms with Gasteiger partial charge >= 0.3 is 339 Å². The van der Waals surface area contributed by atoms with E-state index in [9.17, 15) is 5.11 Å². The van der Waals surface area contributed by atoms with Crippen molar-refractivity contribution in [1.82, 2.24) is 9.97 Å². The summed E-state index contributed by atoms with van der Waals surface area (Å²) in [5, 5.41) is 12.1. The molecule has 1 N–H and O–H groups in total. The molecule has 0 saturated heterocycles. The zero-order valence-electron chi connectivity index (χ0n) is 34.6. The Morgan fingerprint density at radius 2 is 0.930 bits per heavy atom. The molecule has 0 radical (unpaired) electrons. The van der Waals surface area contributed by atoms with E-state index in [1.54, 1.807) is 0 Å². The molecule has 5 heteroatoms. The average molecular weight is 990 g/mol. The molecule has 57 heavy (non-hydrogen) atoms. The Morgan fingerprint density at radius 1 is 0.474 bits per heavy atom. The van der Waals surface area contributed by atoms with Crippen molar-refractivity contribution in [2.75, 3.05) is 0 Å². The van der Waals surface area contributed by atoms with Crippen LogP contribution in [0.15, 0.2) is 152 Å². The standard InChI is InChI=1S/C52H53GeN2O.Pt/c1-50(2,3)38-32-44(49(56)45(33-38)52(7,8)9)48-35-39(51(4,5)6)34-47(55-48)37-29-36(46-27-19-20-28-54-46)30-43(31-37)53(40-21-13-10-14-22-40,41-23-15-11-16-24-41)42-25-17-12-18-26-42;/h10-28,30-35,56H,1-9H3;/q-1;. The molecule has 3 nitrogen and oxygen atoms in total. The van der Waals surface area contributed by atoms with Crippen LogP contribution in [-0.2, 0) is 37.3 Å². The van der Waals surface area contributed by atoms with Gasteiger partial charge in [-0.2, -0.15) is 0 Å². The molecule has 0 spiro atoms. The Bertz CT molecular complexity index is 2370. The number of phenolic OH excluding ortho intramolecular Hbond substituents is 1. The quantitative estimate of drug-likeness (QED) is 0.128. The predicted molar refractivity (Wildman–Crippen MR) is 239 cm³/mol. The fourth-order valence-corrected chi connectivity index (χ4v) is 17.8. The first kappa shape index (κ1) is 42.0. The van der Waals surface area contributed by atoms with Crippen LogP contribution in [0.25, 0.3) is 33.8 Å². The van der Waals surface area contributed by atoms with Crippen molar-refractivity contribution in [1.29, 1.82) is 0 Å². The maximum Gasteiger partial charge on any atom is 0 e. The largest absolute Gasteiger partial charge is 0 e. The van der Waals surface area contributed by atoms with Gasteiger partial charge in [0.25, 0.3) is 0 Å². The number of nitrogens with zero attached hydrogens (tertiary/aromatic N) is 2. The van der Waals surface area contributed by atoms with E-state index in [1.165, 1.54) is 17.6 Å². The molecule has 0 aliphatic carbocycles. The van der Waals surface area contributed by atoms with Crippen LogP contribution >= 0.6 is 0 Å². The van der Waals surface area contributed by atoms with Gasteiger partial charge in [0.1, 0.15) is 0 Å². The summed E-state index contributed by atoms with van der Waals surface area (Å²) in [6, 6.07) is 56.5. The van der Waals surface area contributed by atoms with Gasteiger partial charge in [-0.05, 0) is 0 Å². The van der Waals surface area contributed by atoms with Crippen molar-refractivity contribution >= 4 is 30.8 Å². The van der Waals surface area contributed by atoms with E-state index < -0.39 is 13.3 Å². The van der Waals surface area contributed by atoms with Gasteiger partial charge in [-0.3, -0.25) is 0 Å². The maximum absolute atomic E-state index is 12.1. The second-order valence-electron chi connectivity index (χ2n) is 18.1. The van der Waals surface area contributed by atoms with Crippen LogP contribution in [0.2, 0.25) is 0 Å². The summed E-state index contributed by atoms with van der Waals surface area (Å²) >= 11 is -3.72. The summed E-state index contributed by atoms with van der Waals surface area (Å²) in [5.41, 5.74) is 7.62. The topological polar surface area (TPSA) is 46.0 Å². The molecule has 292 valence electrons. The Hall–Kier alpha value is -4.57. The average Bonchev–Trinajstić information content (AvgIpc) is 3.18. The first-order chi connectivity index (χ1) is 26.6. The van der Waals surface area contributed by atoms with E-state index in [2.05, 4.69) is 202 Å². The Balaban J connectivity index is 0.00000549. The van der Waals surface area contributed by atoms with Crippen molar-refractivity contribution in [2.45, 2.75) is 78.6 Å². The van der Waals surface area contributed by atoms with Crippen molar-refractivity contribution in [3.63, 3.8) is 0 Å². The minimum Gasteiger partial charge on any atom is 0 e. The molecule has 0 saturated carbocycles. The van der Waals surface area contributed by atoms with Gasteiger partial charge in [-0.1, -0.05) is 0 Å². The van der Waals surface area contributed by atoms with Crippen LogP contribution in [0.5, 0.6) is 5.75 Å². The number of benzene rings is 5. The first-order valence-electron chi connectivity index (χ1n) is 19.6.